The van der Waals surface area contributed by atoms with Crippen molar-refractivity contribution in [3.8, 4) is 0 Å². The fourth-order valence-corrected chi connectivity index (χ4v) is 3.02. The van der Waals surface area contributed by atoms with Gasteiger partial charge >= 0.3 is 0 Å². The molecule has 6 nitrogen and oxygen atoms in total. The van der Waals surface area contributed by atoms with Crippen LogP contribution < -0.4 is 11.1 Å². The number of allylic oxidation sites excluding steroid dienone is 2. The predicted molar refractivity (Wildman–Crippen MR) is 79.5 cm³/mol. The number of aromatic nitrogens is 2. The molecular weight excluding hydrogens is 276 g/mol. The van der Waals surface area contributed by atoms with Crippen LogP contribution in [0.1, 0.15) is 26.7 Å². The number of carbonyl (C=O) groups excluding carboxylic acids is 1. The summed E-state index contributed by atoms with van der Waals surface area (Å²) in [6.07, 6.45) is 2.26. The van der Waals surface area contributed by atoms with Gasteiger partial charge in [0.2, 0.25) is 0 Å². The summed E-state index contributed by atoms with van der Waals surface area (Å²) in [5.41, 5.74) is 6.09. The Balaban J connectivity index is 2.33. The Morgan fingerprint density at radius 1 is 1.40 bits per heavy atom. The molecular formula is C13H18N4O2S. The topological polar surface area (TPSA) is 101 Å². The Bertz CT molecular complexity index is 584. The van der Waals surface area contributed by atoms with Crippen molar-refractivity contribution < 1.29 is 9.90 Å². The Hall–Kier alpha value is -1.76. The van der Waals surface area contributed by atoms with Gasteiger partial charge in [-0.2, -0.15) is 0 Å². The Morgan fingerprint density at radius 3 is 2.70 bits per heavy atom. The van der Waals surface area contributed by atoms with Crippen molar-refractivity contribution in [2.24, 2.45) is 5.41 Å². The molecule has 2 rings (SSSR count). The second-order valence-electron chi connectivity index (χ2n) is 5.51. The van der Waals surface area contributed by atoms with Crippen LogP contribution in [0.25, 0.3) is 0 Å². The number of hydrogen-bond donors (Lipinski definition) is 3. The van der Waals surface area contributed by atoms with Gasteiger partial charge in [-0.15, -0.1) is 0 Å². The fraction of sp³-hybridized carbons (Fsp3) is 0.462. The Kier molecular flexibility index (Phi) is 3.89. The van der Waals surface area contributed by atoms with Crippen LogP contribution >= 0.6 is 11.8 Å². The predicted octanol–water partition coefficient (Wildman–Crippen LogP) is 2.35. The van der Waals surface area contributed by atoms with Crippen LogP contribution in [-0.4, -0.2) is 27.9 Å². The van der Waals surface area contributed by atoms with Gasteiger partial charge in [-0.3, -0.25) is 4.79 Å². The Labute approximate surface area is 121 Å². The normalized spacial score (nSPS) is 18.2. The smallest absolute Gasteiger partial charge is 0.173 e. The lowest BCUT2D eigenvalue weighted by Gasteiger charge is -2.29. The van der Waals surface area contributed by atoms with E-state index >= 15 is 0 Å². The standard InChI is InChI=1S/C13H18N4O2S/c1-13(2)4-7(18)10(8(19)5-13)20-12-9(14)11(15-3)16-6-17-12/h6,18H,4-5,14H2,1-3H3,(H,15,16,17). The highest BCUT2D eigenvalue weighted by molar-refractivity contribution is 8.04. The van der Waals surface area contributed by atoms with E-state index in [4.69, 9.17) is 5.73 Å². The summed E-state index contributed by atoms with van der Waals surface area (Å²) in [7, 11) is 1.71. The number of aliphatic hydroxyl groups excluding tert-OH is 1. The van der Waals surface area contributed by atoms with Gasteiger partial charge in [0.25, 0.3) is 0 Å². The molecule has 20 heavy (non-hydrogen) atoms. The molecule has 1 aromatic heterocycles. The number of carbonyl (C=O) groups is 1. The lowest BCUT2D eigenvalue weighted by atomic mass is 9.79. The molecule has 0 unspecified atom stereocenters. The second kappa shape index (κ2) is 5.32. The number of nitrogen functional groups attached to an aromatic ring is 1. The number of thioether (sulfide) groups is 1. The van der Waals surface area contributed by atoms with Crippen LogP contribution in [0, 0.1) is 5.41 Å². The number of rotatable bonds is 3. The minimum Gasteiger partial charge on any atom is -0.511 e. The largest absolute Gasteiger partial charge is 0.511 e. The molecule has 0 spiro atoms. The van der Waals surface area contributed by atoms with Crippen LogP contribution in [0.5, 0.6) is 0 Å². The number of nitrogens with two attached hydrogens (primary N) is 1. The van der Waals surface area contributed by atoms with Crippen molar-refractivity contribution in [3.63, 3.8) is 0 Å². The van der Waals surface area contributed by atoms with E-state index in [0.717, 1.165) is 11.8 Å². The zero-order valence-corrected chi connectivity index (χ0v) is 12.5. The fourth-order valence-electron chi connectivity index (χ4n) is 2.14. The quantitative estimate of drug-likeness (QED) is 0.735. The zero-order valence-electron chi connectivity index (χ0n) is 11.7. The van der Waals surface area contributed by atoms with Crippen LogP contribution in [0.4, 0.5) is 11.5 Å². The van der Waals surface area contributed by atoms with Crippen molar-refractivity contribution in [1.29, 1.82) is 0 Å². The molecule has 0 atom stereocenters. The molecule has 0 bridgehead atoms. The van der Waals surface area contributed by atoms with Gasteiger partial charge in [0, 0.05) is 19.9 Å². The SMILES string of the molecule is CNc1ncnc(SC2=C(O)CC(C)(C)CC2=O)c1N. The number of nitrogens with one attached hydrogen (secondary N) is 1. The minimum absolute atomic E-state index is 0.0761. The van der Waals surface area contributed by atoms with Gasteiger partial charge in [-0.1, -0.05) is 25.6 Å². The first-order valence-electron chi connectivity index (χ1n) is 6.25. The molecule has 0 radical (unpaired) electrons. The van der Waals surface area contributed by atoms with Gasteiger partial charge in [-0.05, 0) is 5.41 Å². The summed E-state index contributed by atoms with van der Waals surface area (Å²) in [5, 5.41) is 13.4. The number of Topliss-reactive ketones (excluding diaryl/α,β-unsaturated/α-hetero) is 1. The summed E-state index contributed by atoms with van der Waals surface area (Å²) in [6, 6.07) is 0. The van der Waals surface area contributed by atoms with Crippen LogP contribution in [0.3, 0.4) is 0 Å². The molecule has 0 amide bonds. The van der Waals surface area contributed by atoms with Crippen molar-refractivity contribution in [2.75, 3.05) is 18.1 Å². The van der Waals surface area contributed by atoms with E-state index in [1.165, 1.54) is 6.33 Å². The zero-order chi connectivity index (χ0) is 14.9. The molecule has 0 saturated carbocycles. The van der Waals surface area contributed by atoms with E-state index in [1.807, 2.05) is 13.8 Å². The highest BCUT2D eigenvalue weighted by Crippen LogP contribution is 2.42. The molecule has 1 aliphatic carbocycles. The third-order valence-corrected chi connectivity index (χ3v) is 4.27. The minimum atomic E-state index is -0.210. The van der Waals surface area contributed by atoms with Crippen molar-refractivity contribution in [3.05, 3.63) is 17.0 Å². The third-order valence-electron chi connectivity index (χ3n) is 3.08. The molecule has 0 fully saturated rings. The van der Waals surface area contributed by atoms with Crippen LogP contribution in [0.2, 0.25) is 0 Å². The average Bonchev–Trinajstić information content (AvgIpc) is 2.34. The van der Waals surface area contributed by atoms with E-state index in [0.29, 0.717) is 34.3 Å². The van der Waals surface area contributed by atoms with Crippen molar-refractivity contribution in [1.82, 2.24) is 9.97 Å². The van der Waals surface area contributed by atoms with Gasteiger partial charge < -0.3 is 16.2 Å². The van der Waals surface area contributed by atoms with E-state index in [9.17, 15) is 9.90 Å². The van der Waals surface area contributed by atoms with Gasteiger partial charge in [0.1, 0.15) is 22.8 Å². The lowest BCUT2D eigenvalue weighted by Crippen LogP contribution is -2.24. The highest BCUT2D eigenvalue weighted by Gasteiger charge is 2.34. The van der Waals surface area contributed by atoms with Gasteiger partial charge in [-0.25, -0.2) is 9.97 Å². The summed E-state index contributed by atoms with van der Waals surface area (Å²) >= 11 is 1.10. The first-order valence-corrected chi connectivity index (χ1v) is 7.07. The summed E-state index contributed by atoms with van der Waals surface area (Å²) < 4.78 is 0. The number of nitrogens with zero attached hydrogens (tertiary/aromatic N) is 2. The first-order chi connectivity index (χ1) is 9.34. The number of anilines is 2. The number of ketones is 1. The molecule has 1 heterocycles. The van der Waals surface area contributed by atoms with Crippen LogP contribution in [-0.2, 0) is 4.79 Å². The number of aliphatic hydroxyl groups is 1. The molecule has 0 saturated heterocycles. The monoisotopic (exact) mass is 294 g/mol. The van der Waals surface area contributed by atoms with Crippen LogP contribution in [0.15, 0.2) is 22.0 Å². The highest BCUT2D eigenvalue weighted by atomic mass is 32.2. The molecule has 0 aliphatic heterocycles. The lowest BCUT2D eigenvalue weighted by molar-refractivity contribution is -0.117. The maximum Gasteiger partial charge on any atom is 0.173 e. The third kappa shape index (κ3) is 2.87. The Morgan fingerprint density at radius 2 is 2.10 bits per heavy atom. The summed E-state index contributed by atoms with van der Waals surface area (Å²) in [4.78, 5) is 20.5. The number of hydrogen-bond acceptors (Lipinski definition) is 7. The van der Waals surface area contributed by atoms with Gasteiger partial charge in [0.15, 0.2) is 11.6 Å². The first kappa shape index (κ1) is 14.6. The maximum atomic E-state index is 12.2. The van der Waals surface area contributed by atoms with Gasteiger partial charge in [0.05, 0.1) is 4.91 Å². The average molecular weight is 294 g/mol. The van der Waals surface area contributed by atoms with E-state index < -0.39 is 0 Å². The van der Waals surface area contributed by atoms with E-state index in [-0.39, 0.29) is 17.0 Å². The van der Waals surface area contributed by atoms with Crippen molar-refractivity contribution in [2.45, 2.75) is 31.7 Å². The summed E-state index contributed by atoms with van der Waals surface area (Å²) in [5.74, 6) is 0.541. The maximum absolute atomic E-state index is 12.2. The summed E-state index contributed by atoms with van der Waals surface area (Å²) in [6.45, 7) is 3.92. The molecule has 1 aromatic rings. The molecule has 4 N–H and O–H groups in total. The molecule has 7 heteroatoms. The molecule has 0 aromatic carbocycles. The molecule has 1 aliphatic rings. The van der Waals surface area contributed by atoms with Crippen molar-refractivity contribution >= 4 is 29.1 Å². The molecule has 108 valence electrons. The van der Waals surface area contributed by atoms with E-state index in [1.54, 1.807) is 7.05 Å². The second-order valence-corrected chi connectivity index (χ2v) is 6.51. The van der Waals surface area contributed by atoms with E-state index in [2.05, 4.69) is 15.3 Å².